The summed E-state index contributed by atoms with van der Waals surface area (Å²) in [7, 11) is -3.81. The van der Waals surface area contributed by atoms with Gasteiger partial charge < -0.3 is 14.3 Å². The minimum atomic E-state index is -3.81. The van der Waals surface area contributed by atoms with Crippen molar-refractivity contribution in [3.8, 4) is 0 Å². The summed E-state index contributed by atoms with van der Waals surface area (Å²) < 4.78 is 36.5. The molecule has 2 rings (SSSR count). The van der Waals surface area contributed by atoms with Crippen LogP contribution in [0.3, 0.4) is 0 Å². The molecule has 1 aromatic heterocycles. The SMILES string of the molecule is CC1CN(S(=O)(=O)c2cc(C(=O)O)oc2Br)CCCO1. The number of hydrogen-bond acceptors (Lipinski definition) is 5. The van der Waals surface area contributed by atoms with E-state index < -0.39 is 21.8 Å². The highest BCUT2D eigenvalue weighted by molar-refractivity contribution is 9.10. The van der Waals surface area contributed by atoms with Gasteiger partial charge in [-0.05, 0) is 29.3 Å². The number of rotatable bonds is 3. The molecule has 0 bridgehead atoms. The first-order valence-corrected chi connectivity index (χ1v) is 8.20. The van der Waals surface area contributed by atoms with Gasteiger partial charge in [-0.2, -0.15) is 4.31 Å². The average Bonchev–Trinajstić information content (AvgIpc) is 2.62. The molecule has 1 aromatic rings. The van der Waals surface area contributed by atoms with E-state index in [1.165, 1.54) is 4.31 Å². The summed E-state index contributed by atoms with van der Waals surface area (Å²) in [4.78, 5) is 10.7. The topological polar surface area (TPSA) is 97.1 Å². The minimum Gasteiger partial charge on any atom is -0.475 e. The van der Waals surface area contributed by atoms with Crippen molar-refractivity contribution in [3.63, 3.8) is 0 Å². The fourth-order valence-corrected chi connectivity index (χ4v) is 4.40. The van der Waals surface area contributed by atoms with Gasteiger partial charge in [0.2, 0.25) is 15.8 Å². The maximum absolute atomic E-state index is 12.5. The lowest BCUT2D eigenvalue weighted by Gasteiger charge is -2.20. The van der Waals surface area contributed by atoms with Crippen LogP contribution in [0.15, 0.2) is 20.0 Å². The number of ether oxygens (including phenoxy) is 1. The Hall–Kier alpha value is -0.900. The number of nitrogens with zero attached hydrogens (tertiary/aromatic N) is 1. The summed E-state index contributed by atoms with van der Waals surface area (Å²) in [6, 6.07) is 1.01. The molecule has 0 radical (unpaired) electrons. The van der Waals surface area contributed by atoms with Crippen LogP contribution < -0.4 is 0 Å². The van der Waals surface area contributed by atoms with Gasteiger partial charge in [-0.25, -0.2) is 13.2 Å². The van der Waals surface area contributed by atoms with Crippen LogP contribution in [0, 0.1) is 0 Å². The molecule has 1 aliphatic heterocycles. The Morgan fingerprint density at radius 2 is 2.25 bits per heavy atom. The van der Waals surface area contributed by atoms with Crippen molar-refractivity contribution in [2.75, 3.05) is 19.7 Å². The Labute approximate surface area is 124 Å². The summed E-state index contributed by atoms with van der Waals surface area (Å²) >= 11 is 2.96. The predicted octanol–water partition coefficient (Wildman–Crippen LogP) is 1.54. The fraction of sp³-hybridized carbons (Fsp3) is 0.545. The van der Waals surface area contributed by atoms with E-state index >= 15 is 0 Å². The average molecular weight is 368 g/mol. The summed E-state index contributed by atoms with van der Waals surface area (Å²) in [5.41, 5.74) is 0. The molecule has 1 fully saturated rings. The van der Waals surface area contributed by atoms with Gasteiger partial charge in [0.25, 0.3) is 0 Å². The van der Waals surface area contributed by atoms with Gasteiger partial charge in [0.15, 0.2) is 4.67 Å². The summed E-state index contributed by atoms with van der Waals surface area (Å²) in [6.45, 7) is 2.84. The van der Waals surface area contributed by atoms with E-state index in [0.29, 0.717) is 19.6 Å². The number of carbonyl (C=O) groups is 1. The van der Waals surface area contributed by atoms with Gasteiger partial charge in [0, 0.05) is 25.8 Å². The number of halogens is 1. The highest BCUT2D eigenvalue weighted by Gasteiger charge is 2.32. The Kier molecular flexibility index (Phi) is 4.52. The van der Waals surface area contributed by atoms with Gasteiger partial charge in [0.05, 0.1) is 6.10 Å². The maximum atomic E-state index is 12.5. The Bertz CT molecular complexity index is 610. The lowest BCUT2D eigenvalue weighted by molar-refractivity contribution is 0.0661. The molecule has 9 heteroatoms. The molecule has 1 atom stereocenters. The van der Waals surface area contributed by atoms with E-state index in [0.717, 1.165) is 6.07 Å². The van der Waals surface area contributed by atoms with Crippen molar-refractivity contribution in [1.82, 2.24) is 4.31 Å². The standard InChI is InChI=1S/C11H14BrNO6S/c1-7-6-13(3-2-4-18-7)20(16,17)9-5-8(11(14)15)19-10(9)12/h5,7H,2-4,6H2,1H3,(H,14,15). The number of aromatic carboxylic acids is 1. The second kappa shape index (κ2) is 5.84. The Morgan fingerprint density at radius 3 is 2.85 bits per heavy atom. The molecule has 7 nitrogen and oxygen atoms in total. The van der Waals surface area contributed by atoms with Crippen molar-refractivity contribution in [1.29, 1.82) is 0 Å². The molecular weight excluding hydrogens is 354 g/mol. The van der Waals surface area contributed by atoms with Crippen LogP contribution in [-0.2, 0) is 14.8 Å². The van der Waals surface area contributed by atoms with E-state index in [-0.39, 0.29) is 22.2 Å². The first-order chi connectivity index (χ1) is 9.32. The van der Waals surface area contributed by atoms with Crippen LogP contribution in [0.5, 0.6) is 0 Å². The van der Waals surface area contributed by atoms with Gasteiger partial charge in [-0.1, -0.05) is 0 Å². The fourth-order valence-electron chi connectivity index (χ4n) is 1.95. The molecule has 2 heterocycles. The quantitative estimate of drug-likeness (QED) is 0.869. The predicted molar refractivity (Wildman–Crippen MR) is 72.2 cm³/mol. The highest BCUT2D eigenvalue weighted by Crippen LogP contribution is 2.29. The molecule has 0 aliphatic carbocycles. The number of sulfonamides is 1. The summed E-state index contributed by atoms with van der Waals surface area (Å²) in [5.74, 6) is -1.74. The van der Waals surface area contributed by atoms with Crippen molar-refractivity contribution in [2.45, 2.75) is 24.3 Å². The van der Waals surface area contributed by atoms with Gasteiger partial charge in [0.1, 0.15) is 4.90 Å². The number of carboxylic acid groups (broad SMARTS) is 1. The van der Waals surface area contributed by atoms with Crippen molar-refractivity contribution in [3.05, 3.63) is 16.5 Å². The van der Waals surface area contributed by atoms with Gasteiger partial charge >= 0.3 is 5.97 Å². The monoisotopic (exact) mass is 367 g/mol. The molecule has 0 saturated carbocycles. The largest absolute Gasteiger partial charge is 0.475 e. The second-order valence-electron chi connectivity index (χ2n) is 4.45. The van der Waals surface area contributed by atoms with Crippen LogP contribution in [0.1, 0.15) is 23.9 Å². The molecule has 0 aromatic carbocycles. The molecule has 1 aliphatic rings. The van der Waals surface area contributed by atoms with E-state index in [9.17, 15) is 13.2 Å². The van der Waals surface area contributed by atoms with E-state index in [1.54, 1.807) is 6.92 Å². The lowest BCUT2D eigenvalue weighted by atomic mass is 10.4. The smallest absolute Gasteiger partial charge is 0.371 e. The molecule has 1 N–H and O–H groups in total. The lowest BCUT2D eigenvalue weighted by Crippen LogP contribution is -2.35. The van der Waals surface area contributed by atoms with Crippen LogP contribution in [0.4, 0.5) is 0 Å². The molecule has 1 saturated heterocycles. The molecule has 0 spiro atoms. The minimum absolute atomic E-state index is 0.104. The molecular formula is C11H14BrNO6S. The molecule has 112 valence electrons. The first-order valence-electron chi connectivity index (χ1n) is 5.96. The van der Waals surface area contributed by atoms with Crippen molar-refractivity contribution < 1.29 is 27.5 Å². The zero-order valence-electron chi connectivity index (χ0n) is 10.7. The Balaban J connectivity index is 2.36. The van der Waals surface area contributed by atoms with E-state index in [1.807, 2.05) is 0 Å². The second-order valence-corrected chi connectivity index (χ2v) is 7.08. The van der Waals surface area contributed by atoms with Gasteiger partial charge in [-0.3, -0.25) is 0 Å². The normalized spacial score (nSPS) is 21.6. The molecule has 20 heavy (non-hydrogen) atoms. The zero-order valence-corrected chi connectivity index (χ0v) is 13.1. The summed E-state index contributed by atoms with van der Waals surface area (Å²) in [6.07, 6.45) is 0.377. The van der Waals surface area contributed by atoms with Crippen LogP contribution >= 0.6 is 15.9 Å². The first kappa shape index (κ1) is 15.5. The number of hydrogen-bond donors (Lipinski definition) is 1. The summed E-state index contributed by atoms with van der Waals surface area (Å²) in [5, 5.41) is 8.84. The number of furan rings is 1. The molecule has 0 amide bonds. The van der Waals surface area contributed by atoms with Crippen LogP contribution in [-0.4, -0.2) is 49.6 Å². The van der Waals surface area contributed by atoms with E-state index in [2.05, 4.69) is 15.9 Å². The van der Waals surface area contributed by atoms with Crippen molar-refractivity contribution in [2.24, 2.45) is 0 Å². The van der Waals surface area contributed by atoms with Crippen LogP contribution in [0.25, 0.3) is 0 Å². The van der Waals surface area contributed by atoms with Gasteiger partial charge in [-0.15, -0.1) is 0 Å². The Morgan fingerprint density at radius 1 is 1.55 bits per heavy atom. The maximum Gasteiger partial charge on any atom is 0.371 e. The highest BCUT2D eigenvalue weighted by atomic mass is 79.9. The van der Waals surface area contributed by atoms with E-state index in [4.69, 9.17) is 14.3 Å². The third kappa shape index (κ3) is 3.05. The number of carboxylic acids is 1. The third-order valence-corrected chi connectivity index (χ3v) is 5.62. The van der Waals surface area contributed by atoms with Crippen molar-refractivity contribution >= 4 is 31.9 Å². The van der Waals surface area contributed by atoms with Crippen LogP contribution in [0.2, 0.25) is 0 Å². The third-order valence-electron chi connectivity index (χ3n) is 2.90. The molecule has 1 unspecified atom stereocenters. The zero-order chi connectivity index (χ0) is 14.9.